The molecule has 1 unspecified atom stereocenters. The Bertz CT molecular complexity index is 232. The van der Waals surface area contributed by atoms with Crippen LogP contribution in [-0.4, -0.2) is 59.2 Å². The highest BCUT2D eigenvalue weighted by Crippen LogP contribution is 1.86. The zero-order valence-corrected chi connectivity index (χ0v) is 8.72. The summed E-state index contributed by atoms with van der Waals surface area (Å²) in [4.78, 5) is 21.4. The second kappa shape index (κ2) is 7.85. The van der Waals surface area contributed by atoms with E-state index in [0.29, 0.717) is 0 Å². The first-order chi connectivity index (χ1) is 7.51. The largest absolute Gasteiger partial charge is 0.480 e. The number of aliphatic hydroxyl groups excluding tert-OH is 2. The molecule has 0 heterocycles. The van der Waals surface area contributed by atoms with E-state index in [0.717, 1.165) is 0 Å². The highest BCUT2D eigenvalue weighted by Gasteiger charge is 2.12. The fourth-order valence-electron chi connectivity index (χ4n) is 0.850. The number of carboxylic acids is 1. The van der Waals surface area contributed by atoms with Crippen molar-refractivity contribution in [3.63, 3.8) is 0 Å². The summed E-state index contributed by atoms with van der Waals surface area (Å²) in [6.45, 7) is -0.653. The summed E-state index contributed by atoms with van der Waals surface area (Å²) in [5.41, 5.74) is 5.21. The lowest BCUT2D eigenvalue weighted by Crippen LogP contribution is -2.46. The summed E-state index contributed by atoms with van der Waals surface area (Å²) in [5.74, 6) is -1.13. The predicted molar refractivity (Wildman–Crippen MR) is 54.7 cm³/mol. The first kappa shape index (κ1) is 14.6. The van der Waals surface area contributed by atoms with E-state index in [2.05, 4.69) is 10.6 Å². The fourth-order valence-corrected chi connectivity index (χ4v) is 0.850. The maximum atomic E-state index is 11.1. The first-order valence-electron chi connectivity index (χ1n) is 4.75. The number of hydrogen-bond acceptors (Lipinski definition) is 5. The summed E-state index contributed by atoms with van der Waals surface area (Å²) >= 11 is 0. The van der Waals surface area contributed by atoms with E-state index in [-0.39, 0.29) is 26.2 Å². The van der Waals surface area contributed by atoms with Crippen molar-refractivity contribution in [3.05, 3.63) is 0 Å². The van der Waals surface area contributed by atoms with Gasteiger partial charge in [0.25, 0.3) is 0 Å². The second-order valence-corrected chi connectivity index (χ2v) is 3.20. The van der Waals surface area contributed by atoms with Crippen molar-refractivity contribution in [1.82, 2.24) is 10.6 Å². The number of rotatable bonds is 7. The molecule has 0 radical (unpaired) electrons. The zero-order valence-electron chi connectivity index (χ0n) is 8.72. The molecule has 0 bridgehead atoms. The zero-order chi connectivity index (χ0) is 12.6. The highest BCUT2D eigenvalue weighted by molar-refractivity contribution is 5.75. The molecule has 0 aliphatic rings. The lowest BCUT2D eigenvalue weighted by molar-refractivity contribution is -0.138. The summed E-state index contributed by atoms with van der Waals surface area (Å²) in [7, 11) is 0. The van der Waals surface area contributed by atoms with Crippen LogP contribution in [-0.2, 0) is 4.79 Å². The van der Waals surface area contributed by atoms with Gasteiger partial charge >= 0.3 is 12.0 Å². The molecule has 94 valence electrons. The molecule has 16 heavy (non-hydrogen) atoms. The van der Waals surface area contributed by atoms with Crippen LogP contribution in [0.3, 0.4) is 0 Å². The van der Waals surface area contributed by atoms with Crippen LogP contribution < -0.4 is 16.4 Å². The Morgan fingerprint density at radius 2 is 1.81 bits per heavy atom. The van der Waals surface area contributed by atoms with Crippen molar-refractivity contribution < 1.29 is 24.9 Å². The van der Waals surface area contributed by atoms with Gasteiger partial charge in [0.05, 0.1) is 19.3 Å². The summed E-state index contributed by atoms with van der Waals surface area (Å²) in [6.07, 6.45) is 0.103. The molecular weight excluding hydrogens is 218 g/mol. The minimum absolute atomic E-state index is 0.100. The van der Waals surface area contributed by atoms with Crippen LogP contribution in [0.1, 0.15) is 6.42 Å². The topological polar surface area (TPSA) is 145 Å². The number of nitrogens with two attached hydrogens (primary N) is 1. The number of carbonyl (C=O) groups is 2. The molecule has 7 N–H and O–H groups in total. The van der Waals surface area contributed by atoms with Crippen molar-refractivity contribution in [3.8, 4) is 0 Å². The second-order valence-electron chi connectivity index (χ2n) is 3.20. The molecule has 1 atom stereocenters. The number of carbonyl (C=O) groups excluding carboxylic acids is 1. The van der Waals surface area contributed by atoms with Gasteiger partial charge in [0.15, 0.2) is 0 Å². The molecule has 0 saturated carbocycles. The molecule has 2 amide bonds. The van der Waals surface area contributed by atoms with E-state index >= 15 is 0 Å². The third kappa shape index (κ3) is 6.17. The maximum Gasteiger partial charge on any atom is 0.320 e. The number of urea groups is 1. The summed E-state index contributed by atoms with van der Waals surface area (Å²) < 4.78 is 0. The number of amides is 2. The van der Waals surface area contributed by atoms with Gasteiger partial charge in [0.1, 0.15) is 6.04 Å². The van der Waals surface area contributed by atoms with Crippen LogP contribution in [0, 0.1) is 0 Å². The molecule has 0 saturated heterocycles. The first-order valence-corrected chi connectivity index (χ1v) is 4.75. The summed E-state index contributed by atoms with van der Waals surface area (Å²) in [6, 6.07) is -2.34. The quantitative estimate of drug-likeness (QED) is 0.286. The number of carboxylic acid groups (broad SMARTS) is 1. The van der Waals surface area contributed by atoms with E-state index < -0.39 is 24.1 Å². The average molecular weight is 235 g/mol. The molecule has 0 aromatic carbocycles. The maximum absolute atomic E-state index is 11.1. The van der Waals surface area contributed by atoms with Crippen LogP contribution >= 0.6 is 0 Å². The van der Waals surface area contributed by atoms with Gasteiger partial charge in [-0.15, -0.1) is 0 Å². The minimum Gasteiger partial charge on any atom is -0.480 e. The molecule has 8 nitrogen and oxygen atoms in total. The lowest BCUT2D eigenvalue weighted by atomic mass is 10.2. The van der Waals surface area contributed by atoms with Crippen LogP contribution in [0.25, 0.3) is 0 Å². The molecule has 0 aliphatic carbocycles. The van der Waals surface area contributed by atoms with Crippen molar-refractivity contribution in [1.29, 1.82) is 0 Å². The standard InChI is InChI=1S/C8H17N3O5/c9-6(7(14)15)1-2-10-8(16)11-5(3-12)4-13/h5-6,12-13H,1-4,9H2,(H,14,15)(H2,10,11,16). The average Bonchev–Trinajstić information content (AvgIpc) is 2.25. The van der Waals surface area contributed by atoms with Crippen LogP contribution in [0.2, 0.25) is 0 Å². The van der Waals surface area contributed by atoms with E-state index in [1.165, 1.54) is 0 Å². The van der Waals surface area contributed by atoms with Gasteiger partial charge in [-0.05, 0) is 6.42 Å². The van der Waals surface area contributed by atoms with Crippen molar-refractivity contribution in [2.75, 3.05) is 19.8 Å². The van der Waals surface area contributed by atoms with Gasteiger partial charge in [0, 0.05) is 6.54 Å². The van der Waals surface area contributed by atoms with Gasteiger partial charge < -0.3 is 31.7 Å². The van der Waals surface area contributed by atoms with E-state index in [1.54, 1.807) is 0 Å². The smallest absolute Gasteiger partial charge is 0.320 e. The molecule has 0 fully saturated rings. The number of aliphatic hydroxyl groups is 2. The third-order valence-electron chi connectivity index (χ3n) is 1.83. The van der Waals surface area contributed by atoms with E-state index in [9.17, 15) is 9.59 Å². The molecule has 0 aromatic rings. The van der Waals surface area contributed by atoms with Crippen molar-refractivity contribution >= 4 is 12.0 Å². The van der Waals surface area contributed by atoms with E-state index in [1.807, 2.05) is 0 Å². The molecular formula is C8H17N3O5. The molecule has 0 spiro atoms. The molecule has 8 heteroatoms. The van der Waals surface area contributed by atoms with Gasteiger partial charge in [0.2, 0.25) is 0 Å². The molecule has 0 aliphatic heterocycles. The lowest BCUT2D eigenvalue weighted by Gasteiger charge is -2.14. The SMILES string of the molecule is NC(CCNC(=O)NC(CO)CO)C(=O)O. The minimum atomic E-state index is -1.13. The van der Waals surface area contributed by atoms with Crippen molar-refractivity contribution in [2.24, 2.45) is 5.73 Å². The Labute approximate surface area is 92.4 Å². The molecule has 0 aromatic heterocycles. The third-order valence-corrected chi connectivity index (χ3v) is 1.83. The number of hydrogen-bond donors (Lipinski definition) is 6. The Balaban J connectivity index is 3.69. The van der Waals surface area contributed by atoms with E-state index in [4.69, 9.17) is 21.1 Å². The highest BCUT2D eigenvalue weighted by atomic mass is 16.4. The summed E-state index contributed by atoms with van der Waals surface area (Å²) in [5, 5.41) is 30.4. The Morgan fingerprint density at radius 1 is 1.25 bits per heavy atom. The Hall–Kier alpha value is -1.38. The normalized spacial score (nSPS) is 12.2. The Morgan fingerprint density at radius 3 is 2.25 bits per heavy atom. The number of aliphatic carboxylic acids is 1. The predicted octanol–water partition coefficient (Wildman–Crippen LogP) is -2.56. The van der Waals surface area contributed by atoms with Gasteiger partial charge in [-0.3, -0.25) is 4.79 Å². The van der Waals surface area contributed by atoms with Gasteiger partial charge in [-0.25, -0.2) is 4.79 Å². The van der Waals surface area contributed by atoms with Gasteiger partial charge in [-0.1, -0.05) is 0 Å². The molecule has 0 rings (SSSR count). The monoisotopic (exact) mass is 235 g/mol. The van der Waals surface area contributed by atoms with Gasteiger partial charge in [-0.2, -0.15) is 0 Å². The van der Waals surface area contributed by atoms with Crippen LogP contribution in [0.5, 0.6) is 0 Å². The fraction of sp³-hybridized carbons (Fsp3) is 0.750. The number of nitrogens with one attached hydrogen (secondary N) is 2. The van der Waals surface area contributed by atoms with Crippen LogP contribution in [0.4, 0.5) is 4.79 Å². The Kier molecular flexibility index (Phi) is 7.18. The van der Waals surface area contributed by atoms with Crippen molar-refractivity contribution in [2.45, 2.75) is 18.5 Å². The van der Waals surface area contributed by atoms with Crippen LogP contribution in [0.15, 0.2) is 0 Å².